The van der Waals surface area contributed by atoms with Crippen LogP contribution in [0.4, 0.5) is 11.4 Å². The summed E-state index contributed by atoms with van der Waals surface area (Å²) >= 11 is 0. The number of carbonyl (C=O) groups excluding carboxylic acids is 1. The highest BCUT2D eigenvalue weighted by molar-refractivity contribution is 5.95. The molecule has 102 valence electrons. The van der Waals surface area contributed by atoms with Crippen molar-refractivity contribution in [2.24, 2.45) is 11.8 Å². The van der Waals surface area contributed by atoms with Gasteiger partial charge in [0.2, 0.25) is 5.91 Å². The third-order valence-corrected chi connectivity index (χ3v) is 4.40. The molecule has 1 aromatic rings. The predicted octanol–water partition coefficient (Wildman–Crippen LogP) is 1.94. The molecule has 0 aromatic heterocycles. The first kappa shape index (κ1) is 12.5. The summed E-state index contributed by atoms with van der Waals surface area (Å²) in [5, 5.41) is 2.90. The molecule has 1 amide bonds. The highest BCUT2D eigenvalue weighted by atomic mass is 16.2. The maximum atomic E-state index is 12.0. The number of hydrogen-bond acceptors (Lipinski definition) is 3. The van der Waals surface area contributed by atoms with E-state index < -0.39 is 0 Å². The van der Waals surface area contributed by atoms with Gasteiger partial charge < -0.3 is 11.1 Å². The summed E-state index contributed by atoms with van der Waals surface area (Å²) in [6.45, 7) is 2.66. The molecule has 1 heterocycles. The van der Waals surface area contributed by atoms with Gasteiger partial charge >= 0.3 is 0 Å². The van der Waals surface area contributed by atoms with Crippen LogP contribution in [-0.2, 0) is 4.79 Å². The standard InChI is InChI=1S/C15H21N3O/c16-13-6-1-2-7-14(13)17-15(19)10-18-8-11-4-3-5-12(11)9-18/h1-2,6-7,11-12H,3-5,8-10,16H2,(H,17,19). The lowest BCUT2D eigenvalue weighted by atomic mass is 10.0. The van der Waals surface area contributed by atoms with Gasteiger partial charge in [0.05, 0.1) is 17.9 Å². The Bertz CT molecular complexity index is 462. The Morgan fingerprint density at radius 2 is 1.95 bits per heavy atom. The Balaban J connectivity index is 1.53. The summed E-state index contributed by atoms with van der Waals surface area (Å²) in [4.78, 5) is 14.3. The molecule has 4 heteroatoms. The van der Waals surface area contributed by atoms with E-state index >= 15 is 0 Å². The monoisotopic (exact) mass is 259 g/mol. The summed E-state index contributed by atoms with van der Waals surface area (Å²) in [6.07, 6.45) is 4.05. The second-order valence-electron chi connectivity index (χ2n) is 5.78. The van der Waals surface area contributed by atoms with Gasteiger partial charge in [0.15, 0.2) is 0 Å². The molecule has 2 unspecified atom stereocenters. The van der Waals surface area contributed by atoms with E-state index in [0.717, 1.165) is 24.9 Å². The Morgan fingerprint density at radius 3 is 2.63 bits per heavy atom. The number of nitrogens with one attached hydrogen (secondary N) is 1. The molecule has 3 rings (SSSR count). The molecule has 1 saturated carbocycles. The van der Waals surface area contributed by atoms with Crippen molar-refractivity contribution in [2.75, 3.05) is 30.7 Å². The molecule has 1 aliphatic carbocycles. The molecular formula is C15H21N3O. The molecule has 4 nitrogen and oxygen atoms in total. The summed E-state index contributed by atoms with van der Waals surface area (Å²) in [7, 11) is 0. The Morgan fingerprint density at radius 1 is 1.26 bits per heavy atom. The molecule has 1 aliphatic heterocycles. The van der Waals surface area contributed by atoms with Gasteiger partial charge in [0.25, 0.3) is 0 Å². The maximum absolute atomic E-state index is 12.0. The van der Waals surface area contributed by atoms with Crippen LogP contribution in [0, 0.1) is 11.8 Å². The van der Waals surface area contributed by atoms with Crippen molar-refractivity contribution < 1.29 is 4.79 Å². The van der Waals surface area contributed by atoms with Crippen molar-refractivity contribution in [2.45, 2.75) is 19.3 Å². The van der Waals surface area contributed by atoms with Crippen LogP contribution in [0.15, 0.2) is 24.3 Å². The zero-order valence-corrected chi connectivity index (χ0v) is 11.1. The van der Waals surface area contributed by atoms with E-state index in [4.69, 9.17) is 5.73 Å². The second-order valence-corrected chi connectivity index (χ2v) is 5.78. The van der Waals surface area contributed by atoms with Crippen molar-refractivity contribution in [1.82, 2.24) is 4.90 Å². The zero-order chi connectivity index (χ0) is 13.2. The van der Waals surface area contributed by atoms with Crippen LogP contribution in [0.5, 0.6) is 0 Å². The number of likely N-dealkylation sites (tertiary alicyclic amines) is 1. The average molecular weight is 259 g/mol. The minimum Gasteiger partial charge on any atom is -0.397 e. The molecule has 1 aromatic carbocycles. The molecule has 3 N–H and O–H groups in total. The average Bonchev–Trinajstić information content (AvgIpc) is 2.92. The minimum atomic E-state index is 0.0397. The van der Waals surface area contributed by atoms with Crippen LogP contribution in [0.25, 0.3) is 0 Å². The van der Waals surface area contributed by atoms with E-state index in [1.165, 1.54) is 19.3 Å². The number of nitrogens with zero attached hydrogens (tertiary/aromatic N) is 1. The first-order valence-electron chi connectivity index (χ1n) is 7.09. The Hall–Kier alpha value is -1.55. The highest BCUT2D eigenvalue weighted by Crippen LogP contribution is 2.37. The van der Waals surface area contributed by atoms with E-state index in [-0.39, 0.29) is 5.91 Å². The van der Waals surface area contributed by atoms with E-state index in [1.54, 1.807) is 6.07 Å². The van der Waals surface area contributed by atoms with E-state index in [1.807, 2.05) is 18.2 Å². The summed E-state index contributed by atoms with van der Waals surface area (Å²) in [5.74, 6) is 1.70. The Kier molecular flexibility index (Phi) is 3.42. The second kappa shape index (κ2) is 5.21. The predicted molar refractivity (Wildman–Crippen MR) is 76.8 cm³/mol. The van der Waals surface area contributed by atoms with Crippen LogP contribution in [0.3, 0.4) is 0 Å². The van der Waals surface area contributed by atoms with Crippen molar-refractivity contribution in [3.8, 4) is 0 Å². The number of nitrogen functional groups attached to an aromatic ring is 1. The first-order valence-corrected chi connectivity index (χ1v) is 7.09. The SMILES string of the molecule is Nc1ccccc1NC(=O)CN1CC2CCCC2C1. The van der Waals surface area contributed by atoms with Crippen molar-refractivity contribution in [1.29, 1.82) is 0 Å². The number of para-hydroxylation sites is 2. The van der Waals surface area contributed by atoms with Crippen LogP contribution < -0.4 is 11.1 Å². The van der Waals surface area contributed by atoms with Gasteiger partial charge in [-0.05, 0) is 36.8 Å². The lowest BCUT2D eigenvalue weighted by Gasteiger charge is -2.16. The molecule has 19 heavy (non-hydrogen) atoms. The fraction of sp³-hybridized carbons (Fsp3) is 0.533. The molecule has 0 radical (unpaired) electrons. The number of amides is 1. The lowest BCUT2D eigenvalue weighted by Crippen LogP contribution is -2.32. The van der Waals surface area contributed by atoms with E-state index in [2.05, 4.69) is 10.2 Å². The summed E-state index contributed by atoms with van der Waals surface area (Å²) < 4.78 is 0. The number of anilines is 2. The Labute approximate surface area is 114 Å². The number of hydrogen-bond donors (Lipinski definition) is 2. The van der Waals surface area contributed by atoms with Crippen LogP contribution in [0.1, 0.15) is 19.3 Å². The summed E-state index contributed by atoms with van der Waals surface area (Å²) in [5.41, 5.74) is 7.16. The smallest absolute Gasteiger partial charge is 0.238 e. The first-order chi connectivity index (χ1) is 9.22. The number of rotatable bonds is 3. The van der Waals surface area contributed by atoms with Crippen molar-refractivity contribution in [3.05, 3.63) is 24.3 Å². The van der Waals surface area contributed by atoms with Gasteiger partial charge in [-0.3, -0.25) is 9.69 Å². The minimum absolute atomic E-state index is 0.0397. The molecule has 0 bridgehead atoms. The van der Waals surface area contributed by atoms with Gasteiger partial charge in [-0.15, -0.1) is 0 Å². The molecule has 0 spiro atoms. The normalized spacial score (nSPS) is 26.3. The number of benzene rings is 1. The molecule has 2 fully saturated rings. The van der Waals surface area contributed by atoms with Gasteiger partial charge in [-0.1, -0.05) is 18.6 Å². The number of carbonyl (C=O) groups is 1. The molecule has 2 aliphatic rings. The third-order valence-electron chi connectivity index (χ3n) is 4.40. The molecule has 2 atom stereocenters. The van der Waals surface area contributed by atoms with E-state index in [0.29, 0.717) is 17.9 Å². The van der Waals surface area contributed by atoms with Crippen molar-refractivity contribution >= 4 is 17.3 Å². The van der Waals surface area contributed by atoms with Crippen LogP contribution >= 0.6 is 0 Å². The largest absolute Gasteiger partial charge is 0.397 e. The highest BCUT2D eigenvalue weighted by Gasteiger charge is 2.36. The lowest BCUT2D eigenvalue weighted by molar-refractivity contribution is -0.117. The number of nitrogens with two attached hydrogens (primary N) is 1. The quantitative estimate of drug-likeness (QED) is 0.816. The number of fused-ring (bicyclic) bond motifs is 1. The fourth-order valence-corrected chi connectivity index (χ4v) is 3.46. The maximum Gasteiger partial charge on any atom is 0.238 e. The van der Waals surface area contributed by atoms with Crippen LogP contribution in [-0.4, -0.2) is 30.4 Å². The zero-order valence-electron chi connectivity index (χ0n) is 11.1. The fourth-order valence-electron chi connectivity index (χ4n) is 3.46. The van der Waals surface area contributed by atoms with Crippen molar-refractivity contribution in [3.63, 3.8) is 0 Å². The van der Waals surface area contributed by atoms with Gasteiger partial charge in [-0.2, -0.15) is 0 Å². The van der Waals surface area contributed by atoms with E-state index in [9.17, 15) is 4.79 Å². The van der Waals surface area contributed by atoms with Gasteiger partial charge in [0, 0.05) is 13.1 Å². The molecule has 1 saturated heterocycles. The third kappa shape index (κ3) is 2.73. The van der Waals surface area contributed by atoms with Crippen LogP contribution in [0.2, 0.25) is 0 Å². The van der Waals surface area contributed by atoms with Gasteiger partial charge in [-0.25, -0.2) is 0 Å². The topological polar surface area (TPSA) is 58.4 Å². The molecular weight excluding hydrogens is 238 g/mol. The van der Waals surface area contributed by atoms with Gasteiger partial charge in [0.1, 0.15) is 0 Å². The summed E-state index contributed by atoms with van der Waals surface area (Å²) in [6, 6.07) is 7.39.